The second-order valence-corrected chi connectivity index (χ2v) is 9.44. The summed E-state index contributed by atoms with van der Waals surface area (Å²) >= 11 is 0. The van der Waals surface area contributed by atoms with Crippen LogP contribution in [-0.2, 0) is 19.3 Å². The van der Waals surface area contributed by atoms with E-state index in [0.717, 1.165) is 36.8 Å². The van der Waals surface area contributed by atoms with Crippen LogP contribution in [-0.4, -0.2) is 35.4 Å². The largest absolute Gasteiger partial charge is 0.422 e. The molecule has 0 spiro atoms. The number of aromatic nitrogens is 2. The molecule has 4 aromatic rings. The number of halogens is 3. The lowest BCUT2D eigenvalue weighted by Crippen LogP contribution is -2.44. The summed E-state index contributed by atoms with van der Waals surface area (Å²) in [5.74, 6) is 0.232. The van der Waals surface area contributed by atoms with E-state index in [0.29, 0.717) is 23.4 Å². The third-order valence-corrected chi connectivity index (χ3v) is 6.69. The van der Waals surface area contributed by atoms with Gasteiger partial charge in [-0.25, -0.2) is 0 Å². The van der Waals surface area contributed by atoms with Crippen LogP contribution in [0.2, 0.25) is 0 Å². The van der Waals surface area contributed by atoms with Crippen molar-refractivity contribution in [2.24, 2.45) is 5.92 Å². The van der Waals surface area contributed by atoms with Crippen LogP contribution in [0.4, 0.5) is 18.9 Å². The summed E-state index contributed by atoms with van der Waals surface area (Å²) in [7, 11) is 1.91. The van der Waals surface area contributed by atoms with Gasteiger partial charge in [0.05, 0.1) is 5.56 Å². The molecule has 0 amide bonds. The van der Waals surface area contributed by atoms with Crippen LogP contribution in [0.3, 0.4) is 0 Å². The Hall–Kier alpha value is -3.59. The second-order valence-electron chi connectivity index (χ2n) is 9.44. The maximum atomic E-state index is 14.2. The van der Waals surface area contributed by atoms with Gasteiger partial charge >= 0.3 is 6.18 Å². The molecule has 9 heteroatoms. The summed E-state index contributed by atoms with van der Waals surface area (Å²) in [6, 6.07) is 14.3. The molecule has 6 nitrogen and oxygen atoms in total. The number of likely N-dealkylation sites (tertiary alicyclic amines) is 1. The first-order chi connectivity index (χ1) is 16.8. The third kappa shape index (κ3) is 3.70. The Morgan fingerprint density at radius 3 is 2.40 bits per heavy atom. The highest BCUT2D eigenvalue weighted by Gasteiger charge is 2.44. The van der Waals surface area contributed by atoms with E-state index >= 15 is 0 Å². The molecule has 2 aromatic carbocycles. The number of rotatable bonds is 4. The highest BCUT2D eigenvalue weighted by atomic mass is 19.4. The minimum Gasteiger partial charge on any atom is -0.369 e. The molecule has 4 heterocycles. The number of hydrogen-bond donors (Lipinski definition) is 0. The molecule has 2 aliphatic heterocycles. The molecule has 0 radical (unpaired) electrons. The number of nitrogens with zero attached hydrogens (tertiary/aromatic N) is 4. The van der Waals surface area contributed by atoms with E-state index in [9.17, 15) is 13.2 Å². The highest BCUT2D eigenvalue weighted by molar-refractivity contribution is 5.85. The predicted molar refractivity (Wildman–Crippen MR) is 124 cm³/mol. The van der Waals surface area contributed by atoms with Gasteiger partial charge in [-0.2, -0.15) is 13.2 Å². The topological polar surface area (TPSA) is 58.5 Å². The number of alkyl halides is 3. The Balaban J connectivity index is 1.41. The van der Waals surface area contributed by atoms with Crippen LogP contribution in [0, 0.1) is 5.92 Å². The number of hydrogen-bond acceptors (Lipinski definition) is 6. The monoisotopic (exact) mass is 480 g/mol. The summed E-state index contributed by atoms with van der Waals surface area (Å²) in [5.41, 5.74) is 3.14. The normalized spacial score (nSPS) is 16.2. The second kappa shape index (κ2) is 7.98. The first-order valence-corrected chi connectivity index (χ1v) is 11.5. The fourth-order valence-electron chi connectivity index (χ4n) is 5.08. The minimum atomic E-state index is -4.69. The third-order valence-electron chi connectivity index (χ3n) is 6.69. The molecular weight excluding hydrogens is 457 g/mol. The Kier molecular flexibility index (Phi) is 5.00. The average Bonchev–Trinajstić information content (AvgIpc) is 3.43. The summed E-state index contributed by atoms with van der Waals surface area (Å²) in [5, 5.41) is 7.95. The number of benzene rings is 2. The molecule has 2 aliphatic rings. The van der Waals surface area contributed by atoms with E-state index < -0.39 is 17.5 Å². The standard InChI is InChI=1S/C26H23F3N4O2/c1-15-11-33(12-15)13-16-8-9-18-20(10-16)32(2)14-19-23(18)31-34-24(19)25-21(26(27,28)29)22(30-35-25)17-6-4-3-5-7-17/h3-10,15H,11-14H2,1-2H3. The molecule has 0 atom stereocenters. The molecule has 1 fully saturated rings. The van der Waals surface area contributed by atoms with Crippen molar-refractivity contribution >= 4 is 5.69 Å². The molecule has 0 unspecified atom stereocenters. The van der Waals surface area contributed by atoms with Crippen molar-refractivity contribution in [2.45, 2.75) is 26.2 Å². The molecule has 0 N–H and O–H groups in total. The summed E-state index contributed by atoms with van der Waals surface area (Å²) < 4.78 is 53.4. The Morgan fingerprint density at radius 2 is 1.69 bits per heavy atom. The maximum Gasteiger partial charge on any atom is 0.422 e. The minimum absolute atomic E-state index is 0.0434. The first-order valence-electron chi connectivity index (χ1n) is 11.5. The summed E-state index contributed by atoms with van der Waals surface area (Å²) in [6.45, 7) is 5.63. The molecule has 1 saturated heterocycles. The van der Waals surface area contributed by atoms with Crippen molar-refractivity contribution in [3.8, 4) is 34.0 Å². The van der Waals surface area contributed by atoms with Gasteiger partial charge in [-0.15, -0.1) is 0 Å². The molecule has 180 valence electrons. The van der Waals surface area contributed by atoms with Gasteiger partial charge in [-0.3, -0.25) is 4.90 Å². The van der Waals surface area contributed by atoms with E-state index in [1.54, 1.807) is 30.3 Å². The van der Waals surface area contributed by atoms with Gasteiger partial charge in [-0.05, 0) is 17.5 Å². The molecule has 35 heavy (non-hydrogen) atoms. The van der Waals surface area contributed by atoms with Crippen LogP contribution in [0.1, 0.15) is 23.6 Å². The highest BCUT2D eigenvalue weighted by Crippen LogP contribution is 2.47. The van der Waals surface area contributed by atoms with E-state index in [1.807, 2.05) is 24.1 Å². The maximum absolute atomic E-state index is 14.2. The van der Waals surface area contributed by atoms with Gasteiger partial charge in [0, 0.05) is 50.0 Å². The molecule has 0 saturated carbocycles. The van der Waals surface area contributed by atoms with Gasteiger partial charge in [0.25, 0.3) is 0 Å². The lowest BCUT2D eigenvalue weighted by atomic mass is 9.95. The zero-order valence-electron chi connectivity index (χ0n) is 19.3. The van der Waals surface area contributed by atoms with Crippen LogP contribution in [0.25, 0.3) is 34.0 Å². The fourth-order valence-corrected chi connectivity index (χ4v) is 5.08. The van der Waals surface area contributed by atoms with E-state index in [-0.39, 0.29) is 11.5 Å². The Bertz CT molecular complexity index is 1390. The lowest BCUT2D eigenvalue weighted by molar-refractivity contribution is -0.136. The van der Waals surface area contributed by atoms with Crippen LogP contribution >= 0.6 is 0 Å². The van der Waals surface area contributed by atoms with E-state index in [4.69, 9.17) is 9.05 Å². The van der Waals surface area contributed by atoms with Gasteiger partial charge in [0.1, 0.15) is 17.0 Å². The fraction of sp³-hybridized carbons (Fsp3) is 0.308. The molecular formula is C26H23F3N4O2. The molecule has 6 rings (SSSR count). The summed E-state index contributed by atoms with van der Waals surface area (Å²) in [4.78, 5) is 4.39. The van der Waals surface area contributed by atoms with Gasteiger partial charge in [0.15, 0.2) is 0 Å². The zero-order valence-corrected chi connectivity index (χ0v) is 19.3. The lowest BCUT2D eigenvalue weighted by Gasteiger charge is -2.37. The first kappa shape index (κ1) is 21.9. The van der Waals surface area contributed by atoms with Crippen molar-refractivity contribution < 1.29 is 22.2 Å². The predicted octanol–water partition coefficient (Wildman–Crippen LogP) is 6.08. The molecule has 2 aromatic heterocycles. The van der Waals surface area contributed by atoms with Gasteiger partial charge in [0.2, 0.25) is 11.5 Å². The molecule has 0 bridgehead atoms. The molecule has 0 aliphatic carbocycles. The van der Waals surface area contributed by atoms with Crippen LogP contribution in [0.5, 0.6) is 0 Å². The Morgan fingerprint density at radius 1 is 0.971 bits per heavy atom. The average molecular weight is 480 g/mol. The SMILES string of the molecule is CC1CN(Cc2ccc3c(c2)N(C)Cc2c-3noc2-c2onc(-c3ccccc3)c2C(F)(F)F)C1. The van der Waals surface area contributed by atoms with Gasteiger partial charge in [-0.1, -0.05) is 59.7 Å². The summed E-state index contributed by atoms with van der Waals surface area (Å²) in [6.07, 6.45) is -4.69. The van der Waals surface area contributed by atoms with Crippen molar-refractivity contribution in [3.05, 3.63) is 65.2 Å². The van der Waals surface area contributed by atoms with E-state index in [1.165, 1.54) is 5.56 Å². The van der Waals surface area contributed by atoms with Crippen LogP contribution < -0.4 is 4.90 Å². The quantitative estimate of drug-likeness (QED) is 0.353. The van der Waals surface area contributed by atoms with Crippen molar-refractivity contribution in [1.29, 1.82) is 0 Å². The van der Waals surface area contributed by atoms with E-state index in [2.05, 4.69) is 28.2 Å². The van der Waals surface area contributed by atoms with Crippen LogP contribution in [0.15, 0.2) is 57.6 Å². The number of anilines is 1. The van der Waals surface area contributed by atoms with Crippen molar-refractivity contribution in [3.63, 3.8) is 0 Å². The van der Waals surface area contributed by atoms with Crippen molar-refractivity contribution in [1.82, 2.24) is 15.2 Å². The smallest absolute Gasteiger partial charge is 0.369 e. The Labute approximate surface area is 199 Å². The number of fused-ring (bicyclic) bond motifs is 3. The van der Waals surface area contributed by atoms with Crippen molar-refractivity contribution in [2.75, 3.05) is 25.0 Å². The van der Waals surface area contributed by atoms with Gasteiger partial charge < -0.3 is 13.9 Å². The zero-order chi connectivity index (χ0) is 24.3.